The molecule has 0 saturated heterocycles. The summed E-state index contributed by atoms with van der Waals surface area (Å²) in [4.78, 5) is 4.13. The van der Waals surface area contributed by atoms with Crippen LogP contribution in [0.4, 0.5) is 4.39 Å². The van der Waals surface area contributed by atoms with Gasteiger partial charge < -0.3 is 19.0 Å². The van der Waals surface area contributed by atoms with Gasteiger partial charge in [0, 0.05) is 17.8 Å². The highest BCUT2D eigenvalue weighted by Crippen LogP contribution is 2.46. The van der Waals surface area contributed by atoms with E-state index < -0.39 is 15.9 Å². The van der Waals surface area contributed by atoms with Crippen LogP contribution in [0.3, 0.4) is 0 Å². The molecular weight excluding hydrogens is 459 g/mol. The van der Waals surface area contributed by atoms with E-state index in [4.69, 9.17) is 4.18 Å². The predicted molar refractivity (Wildman–Crippen MR) is 125 cm³/mol. The molecular formula is C25H19FN2O5S. The van der Waals surface area contributed by atoms with Crippen molar-refractivity contribution < 1.29 is 27.2 Å². The number of benzene rings is 3. The number of pyridine rings is 1. The quantitative estimate of drug-likeness (QED) is 0.350. The van der Waals surface area contributed by atoms with Gasteiger partial charge in [0.1, 0.15) is 16.2 Å². The molecule has 0 unspecified atom stereocenters. The zero-order valence-corrected chi connectivity index (χ0v) is 18.8. The van der Waals surface area contributed by atoms with Crippen molar-refractivity contribution in [1.29, 1.82) is 0 Å². The van der Waals surface area contributed by atoms with Gasteiger partial charge in [0.2, 0.25) is 5.88 Å². The zero-order chi connectivity index (χ0) is 24.0. The number of fused-ring (bicyclic) bond motifs is 2. The monoisotopic (exact) mass is 478 g/mol. The number of hydrogen-bond acceptors (Lipinski definition) is 6. The minimum Gasteiger partial charge on any atom is -0.505 e. The summed E-state index contributed by atoms with van der Waals surface area (Å²) in [5.41, 5.74) is 1.66. The maximum absolute atomic E-state index is 13.3. The number of rotatable bonds is 5. The van der Waals surface area contributed by atoms with Crippen LogP contribution < -0.4 is 4.18 Å². The van der Waals surface area contributed by atoms with E-state index in [9.17, 15) is 23.0 Å². The maximum atomic E-state index is 13.3. The number of hydrogen-bond donors (Lipinski definition) is 2. The molecule has 3 aromatic carbocycles. The van der Waals surface area contributed by atoms with Crippen molar-refractivity contribution in [3.05, 3.63) is 90.0 Å². The van der Waals surface area contributed by atoms with Crippen LogP contribution in [0.15, 0.2) is 78.0 Å². The summed E-state index contributed by atoms with van der Waals surface area (Å²) in [7, 11) is -4.24. The van der Waals surface area contributed by atoms with Crippen molar-refractivity contribution in [2.45, 2.75) is 18.4 Å². The van der Waals surface area contributed by atoms with Crippen molar-refractivity contribution in [1.82, 2.24) is 9.55 Å². The van der Waals surface area contributed by atoms with Gasteiger partial charge in [-0.1, -0.05) is 29.8 Å². The van der Waals surface area contributed by atoms with Crippen LogP contribution in [0.2, 0.25) is 0 Å². The number of nitrogens with zero attached hydrogens (tertiary/aromatic N) is 2. The molecule has 0 radical (unpaired) electrons. The molecule has 0 atom stereocenters. The van der Waals surface area contributed by atoms with Gasteiger partial charge in [-0.05, 0) is 48.9 Å². The van der Waals surface area contributed by atoms with Crippen molar-refractivity contribution in [3.8, 4) is 17.4 Å². The topological polar surface area (TPSA) is 102 Å². The van der Waals surface area contributed by atoms with E-state index in [1.54, 1.807) is 36.4 Å². The highest BCUT2D eigenvalue weighted by Gasteiger charge is 2.26. The standard InChI is InChI=1S/C25H19FN2O5S/c1-15-4-10-18(11-5-15)34(31,32)33-24-19-3-2-12-27-22(19)23(29)21-20(24)14-28(25(21)30)13-16-6-8-17(26)9-7-16/h2-12,14,29-30H,13H2,1H3. The number of halogens is 1. The fraction of sp³-hybridized carbons (Fsp3) is 0.0800. The normalized spacial score (nSPS) is 11.8. The molecule has 0 aliphatic carbocycles. The lowest BCUT2D eigenvalue weighted by molar-refractivity contribution is 0.425. The first kappa shape index (κ1) is 21.7. The third-order valence-electron chi connectivity index (χ3n) is 5.58. The largest absolute Gasteiger partial charge is 0.505 e. The van der Waals surface area contributed by atoms with Crippen LogP contribution in [-0.4, -0.2) is 28.2 Å². The Morgan fingerprint density at radius 3 is 2.41 bits per heavy atom. The lowest BCUT2D eigenvalue weighted by Gasteiger charge is -2.12. The van der Waals surface area contributed by atoms with Crippen LogP contribution in [0.5, 0.6) is 17.4 Å². The van der Waals surface area contributed by atoms with Crippen LogP contribution in [0, 0.1) is 12.7 Å². The molecule has 5 rings (SSSR count). The van der Waals surface area contributed by atoms with Gasteiger partial charge >= 0.3 is 10.1 Å². The molecule has 0 amide bonds. The third-order valence-corrected chi connectivity index (χ3v) is 6.81. The van der Waals surface area contributed by atoms with Gasteiger partial charge in [-0.2, -0.15) is 8.42 Å². The molecule has 0 fully saturated rings. The summed E-state index contributed by atoms with van der Waals surface area (Å²) in [5, 5.41) is 22.3. The molecule has 0 bridgehead atoms. The van der Waals surface area contributed by atoms with E-state index in [0.29, 0.717) is 5.56 Å². The summed E-state index contributed by atoms with van der Waals surface area (Å²) < 4.78 is 46.5. The Kier molecular flexibility index (Phi) is 5.13. The Morgan fingerprint density at radius 2 is 1.71 bits per heavy atom. The van der Waals surface area contributed by atoms with Gasteiger partial charge in [-0.3, -0.25) is 4.98 Å². The van der Waals surface area contributed by atoms with E-state index in [1.165, 1.54) is 41.2 Å². The molecule has 2 heterocycles. The Bertz CT molecular complexity index is 1640. The van der Waals surface area contributed by atoms with Crippen molar-refractivity contribution in [3.63, 3.8) is 0 Å². The molecule has 0 spiro atoms. The first-order chi connectivity index (χ1) is 16.2. The smallest absolute Gasteiger partial charge is 0.339 e. The summed E-state index contributed by atoms with van der Waals surface area (Å²) in [6.45, 7) is 1.99. The third kappa shape index (κ3) is 3.69. The molecule has 0 aliphatic heterocycles. The van der Waals surface area contributed by atoms with Gasteiger partial charge in [0.05, 0.1) is 17.3 Å². The highest BCUT2D eigenvalue weighted by atomic mass is 32.2. The average molecular weight is 479 g/mol. The lowest BCUT2D eigenvalue weighted by atomic mass is 10.1. The maximum Gasteiger partial charge on any atom is 0.339 e. The Labute approximate surface area is 194 Å². The van der Waals surface area contributed by atoms with Crippen LogP contribution in [0.1, 0.15) is 11.1 Å². The SMILES string of the molecule is Cc1ccc(S(=O)(=O)Oc2c3cccnc3c(O)c3c(O)n(Cc4ccc(F)cc4)cc23)cc1. The first-order valence-electron chi connectivity index (χ1n) is 10.3. The summed E-state index contributed by atoms with van der Waals surface area (Å²) in [6.07, 6.45) is 2.93. The van der Waals surface area contributed by atoms with Crippen LogP contribution in [0.25, 0.3) is 21.7 Å². The number of phenols is 1. The fourth-order valence-corrected chi connectivity index (χ4v) is 4.82. The van der Waals surface area contributed by atoms with Gasteiger partial charge in [0.15, 0.2) is 11.5 Å². The predicted octanol–water partition coefficient (Wildman–Crippen LogP) is 4.86. The molecule has 5 aromatic rings. The van der Waals surface area contributed by atoms with E-state index >= 15 is 0 Å². The Hall–Kier alpha value is -4.11. The van der Waals surface area contributed by atoms with Gasteiger partial charge in [-0.15, -0.1) is 0 Å². The molecule has 2 N–H and O–H groups in total. The molecule has 0 saturated carbocycles. The Balaban J connectivity index is 1.71. The van der Waals surface area contributed by atoms with E-state index in [-0.39, 0.29) is 50.5 Å². The summed E-state index contributed by atoms with van der Waals surface area (Å²) in [5.74, 6) is -1.06. The molecule has 172 valence electrons. The van der Waals surface area contributed by atoms with Gasteiger partial charge in [0.25, 0.3) is 0 Å². The average Bonchev–Trinajstić information content (AvgIpc) is 3.14. The van der Waals surface area contributed by atoms with Crippen molar-refractivity contribution >= 4 is 31.8 Å². The summed E-state index contributed by atoms with van der Waals surface area (Å²) >= 11 is 0. The van der Waals surface area contributed by atoms with E-state index in [0.717, 1.165) is 5.56 Å². The molecule has 2 aromatic heterocycles. The molecule has 34 heavy (non-hydrogen) atoms. The van der Waals surface area contributed by atoms with Crippen LogP contribution >= 0.6 is 0 Å². The zero-order valence-electron chi connectivity index (χ0n) is 17.9. The fourth-order valence-electron chi connectivity index (χ4n) is 3.85. The molecule has 9 heteroatoms. The van der Waals surface area contributed by atoms with E-state index in [1.807, 2.05) is 6.92 Å². The van der Waals surface area contributed by atoms with Crippen molar-refractivity contribution in [2.24, 2.45) is 0 Å². The Morgan fingerprint density at radius 1 is 1.00 bits per heavy atom. The second kappa shape index (κ2) is 8.03. The first-order valence-corrected chi connectivity index (χ1v) is 11.7. The minimum atomic E-state index is -4.24. The molecule has 0 aliphatic rings. The number of phenolic OH excluding ortho intramolecular Hbond substituents is 1. The number of aryl methyl sites for hydroxylation is 1. The second-order valence-corrected chi connectivity index (χ2v) is 9.47. The van der Waals surface area contributed by atoms with E-state index in [2.05, 4.69) is 4.98 Å². The van der Waals surface area contributed by atoms with Crippen molar-refractivity contribution in [2.75, 3.05) is 0 Å². The minimum absolute atomic E-state index is 0.00224. The van der Waals surface area contributed by atoms with Crippen LogP contribution in [-0.2, 0) is 16.7 Å². The lowest BCUT2D eigenvalue weighted by Crippen LogP contribution is -2.10. The molecule has 7 nitrogen and oxygen atoms in total. The number of aromatic hydroxyl groups is 2. The highest BCUT2D eigenvalue weighted by molar-refractivity contribution is 7.87. The second-order valence-electron chi connectivity index (χ2n) is 7.92. The van der Waals surface area contributed by atoms with Gasteiger partial charge in [-0.25, -0.2) is 4.39 Å². The summed E-state index contributed by atoms with van der Waals surface area (Å²) in [6, 6.07) is 15.1. The number of aromatic nitrogens is 2.